The second kappa shape index (κ2) is 6.49. The first-order valence-corrected chi connectivity index (χ1v) is 9.20. The molecule has 0 radical (unpaired) electrons. The van der Waals surface area contributed by atoms with Crippen LogP contribution >= 0.6 is 11.3 Å². The maximum atomic E-state index is 12.1. The lowest BCUT2D eigenvalue weighted by atomic mass is 10.2. The number of carbonyl (C=O) groups excluding carboxylic acids is 2. The molecule has 1 saturated heterocycles. The third kappa shape index (κ3) is 3.42. The number of imide groups is 1. The number of benzene rings is 1. The topological polar surface area (TPSA) is 74.3 Å². The van der Waals surface area contributed by atoms with Gasteiger partial charge in [0.2, 0.25) is 5.91 Å². The predicted molar refractivity (Wildman–Crippen MR) is 92.9 cm³/mol. The van der Waals surface area contributed by atoms with E-state index in [1.807, 2.05) is 18.2 Å². The second-order valence-corrected chi connectivity index (χ2v) is 7.51. The first-order valence-electron chi connectivity index (χ1n) is 8.39. The number of aromatic nitrogens is 1. The fraction of sp³-hybridized carbons (Fsp3) is 0.471. The number of hydrogen-bond acceptors (Lipinski definition) is 5. The van der Waals surface area contributed by atoms with Crippen LogP contribution in [0.15, 0.2) is 24.3 Å². The van der Waals surface area contributed by atoms with E-state index >= 15 is 0 Å². The van der Waals surface area contributed by atoms with Gasteiger partial charge in [-0.15, -0.1) is 11.3 Å². The van der Waals surface area contributed by atoms with Crippen LogP contribution in [0.4, 0.5) is 4.79 Å². The van der Waals surface area contributed by atoms with Crippen LogP contribution < -0.4 is 10.6 Å². The van der Waals surface area contributed by atoms with Gasteiger partial charge >= 0.3 is 6.03 Å². The number of rotatable bonds is 4. The highest BCUT2D eigenvalue weighted by atomic mass is 32.1. The summed E-state index contributed by atoms with van der Waals surface area (Å²) in [6, 6.07) is 8.14. The maximum Gasteiger partial charge on any atom is 0.321 e. The number of hydrogen-bond donors (Lipinski definition) is 2. The van der Waals surface area contributed by atoms with E-state index in [-0.39, 0.29) is 30.6 Å². The average molecular weight is 344 g/mol. The zero-order chi connectivity index (χ0) is 16.5. The second-order valence-electron chi connectivity index (χ2n) is 6.44. The van der Waals surface area contributed by atoms with Gasteiger partial charge in [-0.25, -0.2) is 9.78 Å². The fourth-order valence-electron chi connectivity index (χ4n) is 3.13. The van der Waals surface area contributed by atoms with Crippen molar-refractivity contribution in [3.05, 3.63) is 29.3 Å². The summed E-state index contributed by atoms with van der Waals surface area (Å²) in [5.74, 6) is -0.249. The summed E-state index contributed by atoms with van der Waals surface area (Å²) < 4.78 is 1.17. The summed E-state index contributed by atoms with van der Waals surface area (Å²) >= 11 is 1.69. The predicted octanol–water partition coefficient (Wildman–Crippen LogP) is 2.42. The number of fused-ring (bicyclic) bond motifs is 1. The molecule has 2 aliphatic rings. The van der Waals surface area contributed by atoms with Crippen LogP contribution in [0.25, 0.3) is 10.2 Å². The summed E-state index contributed by atoms with van der Waals surface area (Å²) in [5.41, 5.74) is 1.01. The lowest BCUT2D eigenvalue weighted by Crippen LogP contribution is -2.45. The number of carbonyl (C=O) groups is 2. The standard InChI is InChI=1S/C17H20N4O2S/c22-15(20-17(23)18-11-7-8-11)10-21-9-3-5-13(21)16-19-12-4-1-2-6-14(12)24-16/h1-2,4,6,11,13H,3,5,7-10H2,(H2,18,20,22,23)/t13-/m1/s1. The summed E-state index contributed by atoms with van der Waals surface area (Å²) in [4.78, 5) is 30.7. The molecule has 1 atom stereocenters. The molecule has 7 heteroatoms. The largest absolute Gasteiger partial charge is 0.335 e. The molecule has 1 aliphatic carbocycles. The number of nitrogens with one attached hydrogen (secondary N) is 2. The Morgan fingerprint density at radius 2 is 2.08 bits per heavy atom. The van der Waals surface area contributed by atoms with Crippen molar-refractivity contribution >= 4 is 33.5 Å². The summed E-state index contributed by atoms with van der Waals surface area (Å²) in [6.07, 6.45) is 4.06. The van der Waals surface area contributed by atoms with Gasteiger partial charge in [-0.1, -0.05) is 12.1 Å². The van der Waals surface area contributed by atoms with E-state index in [1.165, 1.54) is 4.70 Å². The molecule has 6 nitrogen and oxygen atoms in total. The molecule has 0 spiro atoms. The molecule has 2 fully saturated rings. The lowest BCUT2D eigenvalue weighted by Gasteiger charge is -2.21. The normalized spacial score (nSPS) is 21.1. The molecule has 1 aromatic heterocycles. The SMILES string of the molecule is O=C(CN1CCC[C@@H]1c1nc2ccccc2s1)NC(=O)NC1CC1. The third-order valence-electron chi connectivity index (χ3n) is 4.47. The smallest absolute Gasteiger partial charge is 0.321 e. The maximum absolute atomic E-state index is 12.1. The minimum absolute atomic E-state index is 0.166. The molecule has 1 aliphatic heterocycles. The van der Waals surface area contributed by atoms with Gasteiger partial charge < -0.3 is 5.32 Å². The highest BCUT2D eigenvalue weighted by Gasteiger charge is 2.31. The zero-order valence-corrected chi connectivity index (χ0v) is 14.1. The summed E-state index contributed by atoms with van der Waals surface area (Å²) in [5, 5.41) is 6.26. The number of amides is 3. The van der Waals surface area contributed by atoms with Gasteiger partial charge in [0, 0.05) is 6.04 Å². The van der Waals surface area contributed by atoms with Crippen LogP contribution in [0, 0.1) is 0 Å². The van der Waals surface area contributed by atoms with Crippen molar-refractivity contribution in [2.45, 2.75) is 37.8 Å². The molecule has 3 amide bonds. The van der Waals surface area contributed by atoms with E-state index in [4.69, 9.17) is 4.98 Å². The Hall–Kier alpha value is -1.99. The molecule has 24 heavy (non-hydrogen) atoms. The molecular formula is C17H20N4O2S. The van der Waals surface area contributed by atoms with Crippen molar-refractivity contribution in [1.82, 2.24) is 20.5 Å². The first kappa shape index (κ1) is 15.5. The average Bonchev–Trinajstić information content (AvgIpc) is 3.09. The number of thiazole rings is 1. The monoisotopic (exact) mass is 344 g/mol. The Morgan fingerprint density at radius 3 is 2.88 bits per heavy atom. The third-order valence-corrected chi connectivity index (χ3v) is 5.61. The molecule has 1 saturated carbocycles. The Kier molecular flexibility index (Phi) is 4.20. The van der Waals surface area contributed by atoms with E-state index in [0.717, 1.165) is 42.8 Å². The van der Waals surface area contributed by atoms with Gasteiger partial charge in [-0.05, 0) is 44.4 Å². The van der Waals surface area contributed by atoms with Crippen LogP contribution in [0.5, 0.6) is 0 Å². The van der Waals surface area contributed by atoms with E-state index in [2.05, 4.69) is 21.6 Å². The van der Waals surface area contributed by atoms with Gasteiger partial charge in [0.1, 0.15) is 5.01 Å². The van der Waals surface area contributed by atoms with Gasteiger partial charge in [0.05, 0.1) is 22.8 Å². The molecule has 0 bridgehead atoms. The van der Waals surface area contributed by atoms with Crippen molar-refractivity contribution in [3.63, 3.8) is 0 Å². The van der Waals surface area contributed by atoms with E-state index in [0.29, 0.717) is 0 Å². The Labute approximate surface area is 144 Å². The minimum Gasteiger partial charge on any atom is -0.335 e. The van der Waals surface area contributed by atoms with E-state index < -0.39 is 0 Å². The molecule has 1 aromatic carbocycles. The van der Waals surface area contributed by atoms with Gasteiger partial charge in [0.25, 0.3) is 0 Å². The van der Waals surface area contributed by atoms with Crippen molar-refractivity contribution < 1.29 is 9.59 Å². The fourth-order valence-corrected chi connectivity index (χ4v) is 4.26. The van der Waals surface area contributed by atoms with Crippen LogP contribution in [-0.2, 0) is 4.79 Å². The zero-order valence-electron chi connectivity index (χ0n) is 13.3. The molecule has 2 aromatic rings. The highest BCUT2D eigenvalue weighted by molar-refractivity contribution is 7.18. The number of likely N-dealkylation sites (tertiary alicyclic amines) is 1. The van der Waals surface area contributed by atoms with Crippen molar-refractivity contribution in [3.8, 4) is 0 Å². The van der Waals surface area contributed by atoms with Crippen LogP contribution in [0.3, 0.4) is 0 Å². The van der Waals surface area contributed by atoms with E-state index in [9.17, 15) is 9.59 Å². The summed E-state index contributed by atoms with van der Waals surface area (Å²) in [6.45, 7) is 1.09. The van der Waals surface area contributed by atoms with E-state index in [1.54, 1.807) is 11.3 Å². The molecule has 0 unspecified atom stereocenters. The van der Waals surface area contributed by atoms with Crippen molar-refractivity contribution in [1.29, 1.82) is 0 Å². The molecule has 4 rings (SSSR count). The Morgan fingerprint density at radius 1 is 1.25 bits per heavy atom. The van der Waals surface area contributed by atoms with Crippen molar-refractivity contribution in [2.24, 2.45) is 0 Å². The highest BCUT2D eigenvalue weighted by Crippen LogP contribution is 2.36. The molecule has 2 N–H and O–H groups in total. The van der Waals surface area contributed by atoms with Gasteiger partial charge in [0.15, 0.2) is 0 Å². The van der Waals surface area contributed by atoms with Crippen LogP contribution in [0.1, 0.15) is 36.7 Å². The van der Waals surface area contributed by atoms with Crippen molar-refractivity contribution in [2.75, 3.05) is 13.1 Å². The van der Waals surface area contributed by atoms with Crippen LogP contribution in [-0.4, -0.2) is 41.0 Å². The molecular weight excluding hydrogens is 324 g/mol. The number of urea groups is 1. The molecule has 2 heterocycles. The Bertz CT molecular complexity index is 738. The molecule has 126 valence electrons. The quantitative estimate of drug-likeness (QED) is 0.893. The number of nitrogens with zero attached hydrogens (tertiary/aromatic N) is 2. The Balaban J connectivity index is 1.40. The summed E-state index contributed by atoms with van der Waals surface area (Å²) in [7, 11) is 0. The number of para-hydroxylation sites is 1. The minimum atomic E-state index is -0.377. The van der Waals surface area contributed by atoms with Gasteiger partial charge in [-0.2, -0.15) is 0 Å². The lowest BCUT2D eigenvalue weighted by molar-refractivity contribution is -0.121. The van der Waals surface area contributed by atoms with Crippen LogP contribution in [0.2, 0.25) is 0 Å². The van der Waals surface area contributed by atoms with Gasteiger partial charge in [-0.3, -0.25) is 15.0 Å². The first-order chi connectivity index (χ1) is 11.7.